The molecule has 41 heavy (non-hydrogen) atoms. The van der Waals surface area contributed by atoms with Crippen LogP contribution < -0.4 is 26.7 Å². The lowest BCUT2D eigenvalue weighted by atomic mass is 10.0. The number of hydrogen-bond donors (Lipinski definition) is 5. The lowest BCUT2D eigenvalue weighted by molar-refractivity contribution is -0.699. The van der Waals surface area contributed by atoms with Crippen LogP contribution in [0, 0.1) is 0 Å². The van der Waals surface area contributed by atoms with E-state index in [1.165, 1.54) is 40.2 Å². The molecule has 2 atom stereocenters. The van der Waals surface area contributed by atoms with Gasteiger partial charge < -0.3 is 27.2 Å². The maximum Gasteiger partial charge on any atom is 0.352 e. The van der Waals surface area contributed by atoms with Crippen LogP contribution in [0.3, 0.4) is 0 Å². The van der Waals surface area contributed by atoms with Crippen molar-refractivity contribution in [1.82, 2.24) is 20.5 Å². The number of nitrogens with two attached hydrogens (primary N) is 2. The van der Waals surface area contributed by atoms with Crippen molar-refractivity contribution in [1.29, 1.82) is 0 Å². The second kappa shape index (κ2) is 13.6. The molecule has 4 rings (SSSR count). The number of halogens is 2. The first-order chi connectivity index (χ1) is 19.5. The zero-order chi connectivity index (χ0) is 29.8. The molecule has 2 aromatic rings. The van der Waals surface area contributed by atoms with Gasteiger partial charge in [0, 0.05) is 28.0 Å². The predicted molar refractivity (Wildman–Crippen MR) is 164 cm³/mol. The summed E-state index contributed by atoms with van der Waals surface area (Å²) in [7, 11) is 3.59. The highest BCUT2D eigenvalue weighted by Crippen LogP contribution is 2.41. The molecule has 2 aliphatic heterocycles. The fraction of sp³-hybridized carbons (Fsp3) is 0.320. The SMILES string of the molecule is CNCc1c(N)nc(SC/C=C/C2=C(C(=O)O)N3C(=O)[C@@H](NC(=O)CSc4cc(Cl)ccc4Cl)C3SC2)[n+](C)c1N. The number of nitrogen functional groups attached to an aromatic ring is 2. The fourth-order valence-electron chi connectivity index (χ4n) is 4.20. The van der Waals surface area contributed by atoms with Crippen molar-refractivity contribution in [2.75, 3.05) is 35.8 Å². The Labute approximate surface area is 259 Å². The quantitative estimate of drug-likeness (QED) is 0.104. The van der Waals surface area contributed by atoms with E-state index in [2.05, 4.69) is 15.6 Å². The number of nitrogens with one attached hydrogen (secondary N) is 2. The van der Waals surface area contributed by atoms with E-state index in [9.17, 15) is 19.5 Å². The zero-order valence-corrected chi connectivity index (χ0v) is 26.0. The van der Waals surface area contributed by atoms with Crippen molar-refractivity contribution in [2.45, 2.75) is 28.0 Å². The van der Waals surface area contributed by atoms with Crippen molar-refractivity contribution < 1.29 is 24.1 Å². The molecule has 1 fully saturated rings. The highest BCUT2D eigenvalue weighted by atomic mass is 35.5. The number of thioether (sulfide) groups is 3. The Balaban J connectivity index is 1.38. The molecule has 1 unspecified atom stereocenters. The Morgan fingerprint density at radius 2 is 2.07 bits per heavy atom. The summed E-state index contributed by atoms with van der Waals surface area (Å²) >= 11 is 16.1. The van der Waals surface area contributed by atoms with Gasteiger partial charge in [-0.3, -0.25) is 14.5 Å². The molecule has 2 amide bonds. The van der Waals surface area contributed by atoms with Gasteiger partial charge in [-0.05, 0) is 42.6 Å². The smallest absolute Gasteiger partial charge is 0.352 e. The van der Waals surface area contributed by atoms with Gasteiger partial charge in [-0.15, -0.1) is 23.5 Å². The van der Waals surface area contributed by atoms with Gasteiger partial charge in [0.25, 0.3) is 5.91 Å². The molecule has 0 radical (unpaired) electrons. The van der Waals surface area contributed by atoms with Gasteiger partial charge in [-0.1, -0.05) is 40.3 Å². The molecule has 16 heteroatoms. The average Bonchev–Trinajstić information content (AvgIpc) is 2.94. The minimum absolute atomic E-state index is 0.0245. The number of allylic oxidation sites excluding steroid dienone is 1. The Morgan fingerprint density at radius 1 is 1.32 bits per heavy atom. The van der Waals surface area contributed by atoms with E-state index in [0.29, 0.717) is 55.4 Å². The number of amides is 2. The molecule has 1 aromatic heterocycles. The number of aliphatic carboxylic acids is 1. The number of carboxylic acids is 1. The molecule has 0 aliphatic carbocycles. The standard InChI is InChI=1S/C25H27Cl2N7O4S3/c1-30-9-14-20(28)32-25(33(2)21(14)29)39-7-3-4-12-10-41-23-18(22(36)34(23)19(12)24(37)38)31-17(35)11-40-16-8-13(26)5-6-15(16)27/h3-6,8,18,23,30H,7,9-11H2,1-2H3,(H5,28,29,31,35,37,38)/p+1/b4-3+/t18-,23?/m1/s1. The second-order valence-corrected chi connectivity index (χ2v) is 12.9. The highest BCUT2D eigenvalue weighted by molar-refractivity contribution is 8.00. The summed E-state index contributed by atoms with van der Waals surface area (Å²) in [5.41, 5.74) is 13.4. The van der Waals surface area contributed by atoms with E-state index in [1.807, 2.05) is 0 Å². The molecule has 7 N–H and O–H groups in total. The van der Waals surface area contributed by atoms with Crippen molar-refractivity contribution in [3.05, 3.63) is 57.2 Å². The van der Waals surface area contributed by atoms with Crippen LogP contribution in [0.4, 0.5) is 11.6 Å². The van der Waals surface area contributed by atoms with Gasteiger partial charge in [0.2, 0.25) is 17.5 Å². The molecule has 218 valence electrons. The van der Waals surface area contributed by atoms with Crippen LogP contribution in [0.15, 0.2) is 51.7 Å². The first kappa shape index (κ1) is 31.3. The first-order valence-electron chi connectivity index (χ1n) is 12.2. The topological polar surface area (TPSA) is 168 Å². The highest BCUT2D eigenvalue weighted by Gasteiger charge is 2.53. The van der Waals surface area contributed by atoms with Crippen molar-refractivity contribution in [2.24, 2.45) is 7.05 Å². The molecular weight excluding hydrogens is 629 g/mol. The number of carbonyl (C=O) groups is 3. The summed E-state index contributed by atoms with van der Waals surface area (Å²) in [5, 5.41) is 16.7. The number of rotatable bonds is 11. The van der Waals surface area contributed by atoms with Gasteiger partial charge in [-0.2, -0.15) is 0 Å². The number of carbonyl (C=O) groups excluding carboxylic acids is 2. The van der Waals surface area contributed by atoms with Gasteiger partial charge in [0.1, 0.15) is 17.1 Å². The van der Waals surface area contributed by atoms with Crippen LogP contribution in [-0.4, -0.2) is 68.5 Å². The molecule has 1 aromatic carbocycles. The third kappa shape index (κ3) is 6.89. The van der Waals surface area contributed by atoms with E-state index in [4.69, 9.17) is 34.7 Å². The lowest BCUT2D eigenvalue weighted by Crippen LogP contribution is -2.70. The first-order valence-corrected chi connectivity index (χ1v) is 16.0. The Hall–Kier alpha value is -2.62. The number of nitrogens with zero attached hydrogens (tertiary/aromatic N) is 3. The van der Waals surface area contributed by atoms with Crippen LogP contribution in [0.1, 0.15) is 5.56 Å². The van der Waals surface area contributed by atoms with Gasteiger partial charge in [0.05, 0.1) is 23.4 Å². The molecule has 11 nitrogen and oxygen atoms in total. The Bertz CT molecular complexity index is 1460. The number of hydrogen-bond acceptors (Lipinski definition) is 10. The van der Waals surface area contributed by atoms with Crippen LogP contribution in [0.2, 0.25) is 10.0 Å². The van der Waals surface area contributed by atoms with E-state index in [0.717, 1.165) is 5.56 Å². The molecule has 0 saturated carbocycles. The normalized spacial score (nSPS) is 18.4. The third-order valence-corrected chi connectivity index (χ3v) is 10.2. The second-order valence-electron chi connectivity index (χ2n) is 8.94. The van der Waals surface area contributed by atoms with E-state index >= 15 is 0 Å². The average molecular weight is 658 g/mol. The Morgan fingerprint density at radius 3 is 2.78 bits per heavy atom. The number of β-lactam (4-membered cyclic amide) rings is 1. The molecule has 0 spiro atoms. The maximum absolute atomic E-state index is 12.9. The van der Waals surface area contributed by atoms with Crippen LogP contribution >= 0.6 is 58.5 Å². The lowest BCUT2D eigenvalue weighted by Gasteiger charge is -2.49. The predicted octanol–water partition coefficient (Wildman–Crippen LogP) is 2.28. The third-order valence-electron chi connectivity index (χ3n) is 6.23. The summed E-state index contributed by atoms with van der Waals surface area (Å²) in [5.74, 6) is -0.335. The fourth-order valence-corrected chi connectivity index (χ4v) is 7.62. The monoisotopic (exact) mass is 656 g/mol. The molecule has 0 bridgehead atoms. The Kier molecular flexibility index (Phi) is 10.4. The van der Waals surface area contributed by atoms with Gasteiger partial charge in [0.15, 0.2) is 0 Å². The van der Waals surface area contributed by atoms with E-state index in [1.54, 1.807) is 49.0 Å². The largest absolute Gasteiger partial charge is 0.477 e. The zero-order valence-electron chi connectivity index (χ0n) is 22.0. The summed E-state index contributed by atoms with van der Waals surface area (Å²) in [4.78, 5) is 44.0. The summed E-state index contributed by atoms with van der Waals surface area (Å²) < 4.78 is 1.75. The van der Waals surface area contributed by atoms with Crippen LogP contribution in [-0.2, 0) is 28.0 Å². The number of aromatic nitrogens is 2. The number of benzene rings is 1. The van der Waals surface area contributed by atoms with Crippen LogP contribution in [0.25, 0.3) is 0 Å². The van der Waals surface area contributed by atoms with Crippen molar-refractivity contribution in [3.8, 4) is 0 Å². The van der Waals surface area contributed by atoms with Gasteiger partial charge in [-0.25, -0.2) is 9.36 Å². The summed E-state index contributed by atoms with van der Waals surface area (Å²) in [6.45, 7) is 0.491. The summed E-state index contributed by atoms with van der Waals surface area (Å²) in [6.07, 6.45) is 3.51. The molecular formula is C25H28Cl2N7O4S3+. The van der Waals surface area contributed by atoms with Gasteiger partial charge >= 0.3 is 11.1 Å². The minimum atomic E-state index is -1.21. The number of fused-ring (bicyclic) bond motifs is 1. The number of anilines is 2. The molecule has 3 heterocycles. The molecule has 1 saturated heterocycles. The van der Waals surface area contributed by atoms with E-state index in [-0.39, 0.29) is 17.4 Å². The van der Waals surface area contributed by atoms with Crippen LogP contribution in [0.5, 0.6) is 0 Å². The van der Waals surface area contributed by atoms with Crippen molar-refractivity contribution >= 4 is 87.9 Å². The van der Waals surface area contributed by atoms with E-state index < -0.39 is 23.3 Å². The summed E-state index contributed by atoms with van der Waals surface area (Å²) in [6, 6.07) is 4.15. The van der Waals surface area contributed by atoms with Crippen molar-refractivity contribution in [3.63, 3.8) is 0 Å². The minimum Gasteiger partial charge on any atom is -0.477 e. The number of carboxylic acid groups (broad SMARTS) is 1. The molecule has 2 aliphatic rings. The maximum atomic E-state index is 12.9.